The van der Waals surface area contributed by atoms with Gasteiger partial charge in [-0.2, -0.15) is 0 Å². The van der Waals surface area contributed by atoms with Crippen LogP contribution in [0, 0.1) is 17.8 Å². The average molecular weight is 293 g/mol. The Labute approximate surface area is 132 Å². The quantitative estimate of drug-likeness (QED) is 0.794. The predicted octanol–water partition coefficient (Wildman–Crippen LogP) is 4.06. The number of hydrogen-bond donors (Lipinski definition) is 1. The van der Waals surface area contributed by atoms with Crippen molar-refractivity contribution in [2.45, 2.75) is 83.7 Å². The molecule has 4 unspecified atom stereocenters. The molecule has 4 atom stereocenters. The Morgan fingerprint density at radius 2 is 1.90 bits per heavy atom. The zero-order chi connectivity index (χ0) is 14.9. The van der Waals surface area contributed by atoms with Gasteiger partial charge in [-0.05, 0) is 56.3 Å². The van der Waals surface area contributed by atoms with Gasteiger partial charge < -0.3 is 5.32 Å². The molecule has 3 rings (SSSR count). The molecule has 21 heavy (non-hydrogen) atoms. The summed E-state index contributed by atoms with van der Waals surface area (Å²) < 4.78 is 0. The van der Waals surface area contributed by atoms with E-state index in [0.29, 0.717) is 5.54 Å². The van der Waals surface area contributed by atoms with E-state index in [2.05, 4.69) is 31.0 Å². The number of piperazine rings is 1. The summed E-state index contributed by atoms with van der Waals surface area (Å²) in [4.78, 5) is 2.90. The second-order valence-corrected chi connectivity index (χ2v) is 8.18. The normalized spacial score (nSPS) is 39.0. The van der Waals surface area contributed by atoms with Crippen LogP contribution in [0.1, 0.15) is 72.1 Å². The molecule has 1 N–H and O–H groups in total. The van der Waals surface area contributed by atoms with Crippen LogP contribution in [0.2, 0.25) is 0 Å². The first-order valence-corrected chi connectivity index (χ1v) is 9.68. The molecule has 3 fully saturated rings. The molecule has 0 radical (unpaired) electrons. The first-order valence-electron chi connectivity index (χ1n) is 9.68. The number of nitrogens with zero attached hydrogens (tertiary/aromatic N) is 1. The second kappa shape index (κ2) is 6.58. The van der Waals surface area contributed by atoms with Crippen molar-refractivity contribution in [3.8, 4) is 0 Å². The van der Waals surface area contributed by atoms with Crippen LogP contribution in [0.5, 0.6) is 0 Å². The van der Waals surface area contributed by atoms with Gasteiger partial charge in [-0.1, -0.05) is 33.6 Å². The smallest absolute Gasteiger partial charge is 0.0304 e. The van der Waals surface area contributed by atoms with Crippen LogP contribution in [0.25, 0.3) is 0 Å². The van der Waals surface area contributed by atoms with Crippen LogP contribution in [0.4, 0.5) is 0 Å². The van der Waals surface area contributed by atoms with Gasteiger partial charge in [0, 0.05) is 31.2 Å². The third kappa shape index (κ3) is 3.17. The summed E-state index contributed by atoms with van der Waals surface area (Å²) in [6, 6.07) is 0.792. The molecule has 0 aromatic heterocycles. The fraction of sp³-hybridized carbons (Fsp3) is 1.00. The molecule has 0 aromatic carbocycles. The van der Waals surface area contributed by atoms with E-state index in [9.17, 15) is 0 Å². The molecule has 0 spiro atoms. The highest BCUT2D eigenvalue weighted by atomic mass is 15.3. The van der Waals surface area contributed by atoms with Crippen molar-refractivity contribution in [1.82, 2.24) is 10.2 Å². The number of hydrogen-bond acceptors (Lipinski definition) is 2. The molecular weight excluding hydrogens is 256 g/mol. The maximum atomic E-state index is 3.91. The van der Waals surface area contributed by atoms with Gasteiger partial charge in [0.25, 0.3) is 0 Å². The first kappa shape index (κ1) is 15.8. The maximum absolute atomic E-state index is 3.91. The van der Waals surface area contributed by atoms with Gasteiger partial charge in [-0.25, -0.2) is 0 Å². The summed E-state index contributed by atoms with van der Waals surface area (Å²) in [5.41, 5.74) is 0.391. The third-order valence-corrected chi connectivity index (χ3v) is 7.06. The van der Waals surface area contributed by atoms with E-state index in [1.807, 2.05) is 0 Å². The van der Waals surface area contributed by atoms with Crippen LogP contribution in [0.15, 0.2) is 0 Å². The van der Waals surface area contributed by atoms with E-state index < -0.39 is 0 Å². The summed E-state index contributed by atoms with van der Waals surface area (Å²) in [5, 5.41) is 3.91. The lowest BCUT2D eigenvalue weighted by molar-refractivity contribution is 0.0464. The molecule has 1 aliphatic heterocycles. The zero-order valence-corrected chi connectivity index (χ0v) is 14.5. The van der Waals surface area contributed by atoms with Crippen LogP contribution < -0.4 is 5.32 Å². The largest absolute Gasteiger partial charge is 0.308 e. The first-order chi connectivity index (χ1) is 10.2. The van der Waals surface area contributed by atoms with Gasteiger partial charge in [-0.3, -0.25) is 4.90 Å². The molecule has 0 aromatic rings. The molecule has 3 aliphatic rings. The number of nitrogens with one attached hydrogen (secondary N) is 1. The van der Waals surface area contributed by atoms with Crippen LogP contribution in [0.3, 0.4) is 0 Å². The Balaban J connectivity index is 1.65. The fourth-order valence-electron chi connectivity index (χ4n) is 5.49. The lowest BCUT2D eigenvalue weighted by Gasteiger charge is -2.49. The molecular formula is C19H36N2. The molecule has 122 valence electrons. The zero-order valence-electron chi connectivity index (χ0n) is 14.5. The Morgan fingerprint density at radius 1 is 1.10 bits per heavy atom. The maximum Gasteiger partial charge on any atom is 0.0304 e. The van der Waals surface area contributed by atoms with Gasteiger partial charge in [-0.15, -0.1) is 0 Å². The SMILES string of the molecule is CCCC1CNC(CC)(CC)CN1CC1CC2CCC1C2. The highest BCUT2D eigenvalue weighted by Crippen LogP contribution is 2.48. The lowest BCUT2D eigenvalue weighted by Crippen LogP contribution is -2.64. The minimum atomic E-state index is 0.391. The minimum absolute atomic E-state index is 0.391. The Bertz CT molecular complexity index is 336. The van der Waals surface area contributed by atoms with Gasteiger partial charge in [0.1, 0.15) is 0 Å². The van der Waals surface area contributed by atoms with Crippen molar-refractivity contribution in [1.29, 1.82) is 0 Å². The topological polar surface area (TPSA) is 15.3 Å². The van der Waals surface area contributed by atoms with Crippen molar-refractivity contribution in [3.63, 3.8) is 0 Å². The van der Waals surface area contributed by atoms with E-state index >= 15 is 0 Å². The summed E-state index contributed by atoms with van der Waals surface area (Å²) in [6.07, 6.45) is 11.4. The van der Waals surface area contributed by atoms with E-state index in [4.69, 9.17) is 0 Å². The van der Waals surface area contributed by atoms with E-state index in [0.717, 1.165) is 23.8 Å². The van der Waals surface area contributed by atoms with E-state index in [1.165, 1.54) is 58.2 Å². The minimum Gasteiger partial charge on any atom is -0.308 e. The van der Waals surface area contributed by atoms with Crippen LogP contribution in [-0.4, -0.2) is 36.1 Å². The van der Waals surface area contributed by atoms with Crippen molar-refractivity contribution < 1.29 is 0 Å². The summed E-state index contributed by atoms with van der Waals surface area (Å²) in [7, 11) is 0. The average Bonchev–Trinajstić information content (AvgIpc) is 3.12. The van der Waals surface area contributed by atoms with Gasteiger partial charge >= 0.3 is 0 Å². The third-order valence-electron chi connectivity index (χ3n) is 7.06. The molecule has 2 heteroatoms. The number of fused-ring (bicyclic) bond motifs is 2. The van der Waals surface area contributed by atoms with Crippen molar-refractivity contribution in [3.05, 3.63) is 0 Å². The molecule has 2 bridgehead atoms. The van der Waals surface area contributed by atoms with Gasteiger partial charge in [0.15, 0.2) is 0 Å². The molecule has 1 saturated heterocycles. The Hall–Kier alpha value is -0.0800. The molecule has 2 saturated carbocycles. The molecule has 0 amide bonds. The number of rotatable bonds is 6. The highest BCUT2D eigenvalue weighted by Gasteiger charge is 2.43. The van der Waals surface area contributed by atoms with Gasteiger partial charge in [0.2, 0.25) is 0 Å². The second-order valence-electron chi connectivity index (χ2n) is 8.18. The van der Waals surface area contributed by atoms with Gasteiger partial charge in [0.05, 0.1) is 0 Å². The Morgan fingerprint density at radius 3 is 2.48 bits per heavy atom. The van der Waals surface area contributed by atoms with Crippen molar-refractivity contribution in [2.75, 3.05) is 19.6 Å². The molecule has 2 nitrogen and oxygen atoms in total. The monoisotopic (exact) mass is 292 g/mol. The molecule has 1 heterocycles. The van der Waals surface area contributed by atoms with Crippen LogP contribution >= 0.6 is 0 Å². The predicted molar refractivity (Wildman–Crippen MR) is 90.5 cm³/mol. The van der Waals surface area contributed by atoms with Crippen molar-refractivity contribution >= 4 is 0 Å². The van der Waals surface area contributed by atoms with Crippen molar-refractivity contribution in [2.24, 2.45) is 17.8 Å². The fourth-order valence-corrected chi connectivity index (χ4v) is 5.49. The Kier molecular flexibility index (Phi) is 4.95. The highest BCUT2D eigenvalue weighted by molar-refractivity contribution is 4.99. The molecule has 2 aliphatic carbocycles. The summed E-state index contributed by atoms with van der Waals surface area (Å²) >= 11 is 0. The lowest BCUT2D eigenvalue weighted by atomic mass is 9.84. The van der Waals surface area contributed by atoms with E-state index in [1.54, 1.807) is 12.8 Å². The van der Waals surface area contributed by atoms with E-state index in [-0.39, 0.29) is 0 Å². The van der Waals surface area contributed by atoms with Crippen LogP contribution in [-0.2, 0) is 0 Å². The summed E-state index contributed by atoms with van der Waals surface area (Å²) in [6.45, 7) is 11.0. The standard InChI is InChI=1S/C19H36N2/c1-4-7-18-12-20-19(5-2,6-3)14-21(18)13-17-11-15-8-9-16(17)10-15/h15-18,20H,4-14H2,1-3H3. The summed E-state index contributed by atoms with van der Waals surface area (Å²) in [5.74, 6) is 3.19.